The molecule has 0 aliphatic carbocycles. The van der Waals surface area contributed by atoms with Gasteiger partial charge in [-0.1, -0.05) is 12.1 Å². The fourth-order valence-electron chi connectivity index (χ4n) is 3.09. The predicted octanol–water partition coefficient (Wildman–Crippen LogP) is -0.0805. The number of carbonyl (C=O) groups excluding carboxylic acids is 2. The molecular weight excluding hydrogens is 282 g/mol. The summed E-state index contributed by atoms with van der Waals surface area (Å²) in [6, 6.07) is 6.48. The third-order valence-corrected chi connectivity index (χ3v) is 4.52. The van der Waals surface area contributed by atoms with Crippen molar-refractivity contribution in [3.05, 3.63) is 29.8 Å². The summed E-state index contributed by atoms with van der Waals surface area (Å²) in [7, 11) is 1.82. The minimum absolute atomic E-state index is 0.0337. The fourth-order valence-corrected chi connectivity index (χ4v) is 3.09. The first-order valence-corrected chi connectivity index (χ1v) is 7.59. The highest BCUT2D eigenvalue weighted by Gasteiger charge is 2.38. The minimum Gasteiger partial charge on any atom is -0.508 e. The van der Waals surface area contributed by atoms with E-state index >= 15 is 0 Å². The molecule has 6 heteroatoms. The molecule has 0 saturated carbocycles. The lowest BCUT2D eigenvalue weighted by atomic mass is 10.1. The van der Waals surface area contributed by atoms with E-state index in [4.69, 9.17) is 0 Å². The number of benzene rings is 1. The van der Waals surface area contributed by atoms with Gasteiger partial charge in [-0.3, -0.25) is 14.5 Å². The summed E-state index contributed by atoms with van der Waals surface area (Å²) in [5.74, 6) is 0.334. The molecule has 0 spiro atoms. The molecule has 0 radical (unpaired) electrons. The van der Waals surface area contributed by atoms with Gasteiger partial charge in [-0.15, -0.1) is 0 Å². The van der Waals surface area contributed by atoms with Gasteiger partial charge in [-0.25, -0.2) is 0 Å². The van der Waals surface area contributed by atoms with Gasteiger partial charge in [0.1, 0.15) is 11.8 Å². The molecule has 6 nitrogen and oxygen atoms in total. The number of aromatic hydroxyl groups is 1. The molecule has 1 aromatic carbocycles. The van der Waals surface area contributed by atoms with Crippen LogP contribution in [0.25, 0.3) is 0 Å². The van der Waals surface area contributed by atoms with Gasteiger partial charge in [0, 0.05) is 39.8 Å². The Morgan fingerprint density at radius 2 is 1.86 bits per heavy atom. The van der Waals surface area contributed by atoms with E-state index in [1.807, 2.05) is 7.05 Å². The SMILES string of the molecule is CN1CCN2CCN(C(=O)Cc3ccc(O)cc3)C[C@@H]2C1=O. The molecule has 0 unspecified atom stereocenters. The molecule has 0 aromatic heterocycles. The summed E-state index contributed by atoms with van der Waals surface area (Å²) in [4.78, 5) is 30.4. The topological polar surface area (TPSA) is 64.1 Å². The number of hydrogen-bond donors (Lipinski definition) is 1. The molecule has 1 atom stereocenters. The molecule has 2 saturated heterocycles. The summed E-state index contributed by atoms with van der Waals surface area (Å²) < 4.78 is 0. The summed E-state index contributed by atoms with van der Waals surface area (Å²) in [6.45, 7) is 3.54. The van der Waals surface area contributed by atoms with Crippen LogP contribution >= 0.6 is 0 Å². The van der Waals surface area contributed by atoms with E-state index in [0.717, 1.165) is 25.2 Å². The molecule has 0 bridgehead atoms. The summed E-state index contributed by atoms with van der Waals surface area (Å²) >= 11 is 0. The standard InChI is InChI=1S/C16H21N3O3/c1-17-6-7-18-8-9-19(11-14(18)16(17)22)15(21)10-12-2-4-13(20)5-3-12/h2-5,14,20H,6-11H2,1H3/t14-/m1/s1. The van der Waals surface area contributed by atoms with Crippen LogP contribution < -0.4 is 0 Å². The van der Waals surface area contributed by atoms with Crippen molar-refractivity contribution in [3.63, 3.8) is 0 Å². The summed E-state index contributed by atoms with van der Waals surface area (Å²) in [6.07, 6.45) is 0.303. The van der Waals surface area contributed by atoms with E-state index in [9.17, 15) is 14.7 Å². The first kappa shape index (κ1) is 14.8. The Kier molecular flexibility index (Phi) is 4.02. The molecule has 2 heterocycles. The van der Waals surface area contributed by atoms with Gasteiger partial charge < -0.3 is 14.9 Å². The highest BCUT2D eigenvalue weighted by atomic mass is 16.3. The van der Waals surface area contributed by atoms with Crippen LogP contribution in [0, 0.1) is 0 Å². The lowest BCUT2D eigenvalue weighted by Gasteiger charge is -2.45. The normalized spacial score (nSPS) is 22.6. The van der Waals surface area contributed by atoms with Crippen molar-refractivity contribution in [2.75, 3.05) is 39.8 Å². The minimum atomic E-state index is -0.198. The third-order valence-electron chi connectivity index (χ3n) is 4.52. The zero-order valence-electron chi connectivity index (χ0n) is 12.7. The average molecular weight is 303 g/mol. The maximum absolute atomic E-state index is 12.4. The Morgan fingerprint density at radius 3 is 2.59 bits per heavy atom. The second-order valence-electron chi connectivity index (χ2n) is 5.99. The number of amides is 2. The quantitative estimate of drug-likeness (QED) is 0.830. The van der Waals surface area contributed by atoms with E-state index in [1.165, 1.54) is 0 Å². The van der Waals surface area contributed by atoms with Crippen molar-refractivity contribution in [1.82, 2.24) is 14.7 Å². The second kappa shape index (κ2) is 5.96. The Labute approximate surface area is 129 Å². The van der Waals surface area contributed by atoms with Crippen LogP contribution in [0.3, 0.4) is 0 Å². The van der Waals surface area contributed by atoms with Crippen LogP contribution in [0.15, 0.2) is 24.3 Å². The van der Waals surface area contributed by atoms with Crippen LogP contribution in [-0.4, -0.2) is 77.4 Å². The highest BCUT2D eigenvalue weighted by Crippen LogP contribution is 2.17. The number of hydrogen-bond acceptors (Lipinski definition) is 4. The molecule has 2 fully saturated rings. The van der Waals surface area contributed by atoms with Crippen molar-refractivity contribution in [1.29, 1.82) is 0 Å². The van der Waals surface area contributed by atoms with Crippen LogP contribution in [0.2, 0.25) is 0 Å². The number of carbonyl (C=O) groups is 2. The van der Waals surface area contributed by atoms with Crippen molar-refractivity contribution < 1.29 is 14.7 Å². The number of fused-ring (bicyclic) bond motifs is 1. The van der Waals surface area contributed by atoms with E-state index in [1.54, 1.807) is 34.1 Å². The number of nitrogens with zero attached hydrogens (tertiary/aromatic N) is 3. The van der Waals surface area contributed by atoms with Gasteiger partial charge in [-0.2, -0.15) is 0 Å². The number of rotatable bonds is 2. The fraction of sp³-hybridized carbons (Fsp3) is 0.500. The summed E-state index contributed by atoms with van der Waals surface area (Å²) in [5.41, 5.74) is 0.873. The van der Waals surface area contributed by atoms with Crippen molar-refractivity contribution >= 4 is 11.8 Å². The van der Waals surface area contributed by atoms with Gasteiger partial charge in [0.05, 0.1) is 6.42 Å². The Morgan fingerprint density at radius 1 is 1.18 bits per heavy atom. The van der Waals surface area contributed by atoms with E-state index in [2.05, 4.69) is 4.90 Å². The Balaban J connectivity index is 1.64. The molecule has 3 rings (SSSR count). The monoisotopic (exact) mass is 303 g/mol. The molecule has 2 aliphatic rings. The van der Waals surface area contributed by atoms with Gasteiger partial charge in [0.25, 0.3) is 0 Å². The Hall–Kier alpha value is -2.08. The third kappa shape index (κ3) is 2.92. The highest BCUT2D eigenvalue weighted by molar-refractivity contribution is 5.85. The van der Waals surface area contributed by atoms with Gasteiger partial charge in [-0.05, 0) is 17.7 Å². The van der Waals surface area contributed by atoms with E-state index < -0.39 is 0 Å². The molecule has 2 amide bonds. The van der Waals surface area contributed by atoms with Crippen LogP contribution in [0.5, 0.6) is 5.75 Å². The zero-order chi connectivity index (χ0) is 15.7. The molecule has 2 aliphatic heterocycles. The number of likely N-dealkylation sites (N-methyl/N-ethyl adjacent to an activating group) is 1. The Bertz CT molecular complexity index is 573. The van der Waals surface area contributed by atoms with Crippen molar-refractivity contribution in [2.45, 2.75) is 12.5 Å². The van der Waals surface area contributed by atoms with Gasteiger partial charge >= 0.3 is 0 Å². The van der Waals surface area contributed by atoms with Gasteiger partial charge in [0.2, 0.25) is 11.8 Å². The molecule has 118 valence electrons. The van der Waals surface area contributed by atoms with Crippen LogP contribution in [0.1, 0.15) is 5.56 Å². The smallest absolute Gasteiger partial charge is 0.241 e. The van der Waals surface area contributed by atoms with E-state index in [-0.39, 0.29) is 23.6 Å². The lowest BCUT2D eigenvalue weighted by molar-refractivity contribution is -0.147. The molecule has 22 heavy (non-hydrogen) atoms. The zero-order valence-corrected chi connectivity index (χ0v) is 12.7. The first-order chi connectivity index (χ1) is 10.5. The van der Waals surface area contributed by atoms with E-state index in [0.29, 0.717) is 19.5 Å². The van der Waals surface area contributed by atoms with Crippen molar-refractivity contribution in [2.24, 2.45) is 0 Å². The van der Waals surface area contributed by atoms with Crippen LogP contribution in [0.4, 0.5) is 0 Å². The van der Waals surface area contributed by atoms with Crippen molar-refractivity contribution in [3.8, 4) is 5.75 Å². The maximum atomic E-state index is 12.4. The molecule has 1 N–H and O–H groups in total. The molecular formula is C16H21N3O3. The molecule has 1 aromatic rings. The summed E-state index contributed by atoms with van der Waals surface area (Å²) in [5, 5.41) is 9.28. The maximum Gasteiger partial charge on any atom is 0.241 e. The first-order valence-electron chi connectivity index (χ1n) is 7.59. The predicted molar refractivity (Wildman–Crippen MR) is 81.4 cm³/mol. The largest absolute Gasteiger partial charge is 0.508 e. The second-order valence-corrected chi connectivity index (χ2v) is 5.99. The number of phenolic OH excluding ortho intramolecular Hbond substituents is 1. The number of phenols is 1. The van der Waals surface area contributed by atoms with Crippen LogP contribution in [-0.2, 0) is 16.0 Å². The lowest BCUT2D eigenvalue weighted by Crippen LogP contribution is -2.64. The van der Waals surface area contributed by atoms with Gasteiger partial charge in [0.15, 0.2) is 0 Å². The average Bonchev–Trinajstić information content (AvgIpc) is 2.53. The number of piperazine rings is 2.